The fourth-order valence-electron chi connectivity index (χ4n) is 1.72. The number of nitrogens with one attached hydrogen (secondary N) is 1. The molecule has 0 bridgehead atoms. The average molecular weight is 309 g/mol. The second-order valence-corrected chi connectivity index (χ2v) is 5.78. The van der Waals surface area contributed by atoms with Crippen molar-refractivity contribution in [2.24, 2.45) is 0 Å². The summed E-state index contributed by atoms with van der Waals surface area (Å²) in [5.41, 5.74) is 2.01. The molecule has 2 N–H and O–H groups in total. The number of aliphatic hydroxyl groups is 1. The van der Waals surface area contributed by atoms with E-state index in [0.29, 0.717) is 6.54 Å². The molecule has 0 saturated carbocycles. The van der Waals surface area contributed by atoms with Crippen LogP contribution in [0.25, 0.3) is 6.08 Å². The molecule has 5 heteroatoms. The van der Waals surface area contributed by atoms with Crippen molar-refractivity contribution in [3.63, 3.8) is 0 Å². The average Bonchev–Trinajstić information content (AvgIpc) is 2.49. The second kappa shape index (κ2) is 10.3. The molecule has 1 aromatic rings. The van der Waals surface area contributed by atoms with Crippen LogP contribution in [0.5, 0.6) is 5.75 Å². The molecule has 0 spiro atoms. The van der Waals surface area contributed by atoms with Crippen LogP contribution in [0.3, 0.4) is 0 Å². The summed E-state index contributed by atoms with van der Waals surface area (Å²) in [4.78, 5) is 11.7. The van der Waals surface area contributed by atoms with Gasteiger partial charge in [0.1, 0.15) is 5.75 Å². The van der Waals surface area contributed by atoms with Gasteiger partial charge in [-0.15, -0.1) is 0 Å². The molecule has 0 aliphatic carbocycles. The number of carbonyl (C=O) groups excluding carboxylic acids is 1. The number of aryl methyl sites for hydroxylation is 1. The first kappa shape index (κ1) is 17.6. The van der Waals surface area contributed by atoms with Crippen LogP contribution in [0.1, 0.15) is 17.5 Å². The normalized spacial score (nSPS) is 10.8. The van der Waals surface area contributed by atoms with E-state index in [1.807, 2.05) is 25.1 Å². The van der Waals surface area contributed by atoms with Crippen LogP contribution < -0.4 is 10.1 Å². The SMILES string of the molecule is COc1ccc(C)cc1/C=C/C(=O)NCCSCCCO. The monoisotopic (exact) mass is 309 g/mol. The third kappa shape index (κ3) is 7.20. The van der Waals surface area contributed by atoms with E-state index in [4.69, 9.17) is 9.84 Å². The highest BCUT2D eigenvalue weighted by molar-refractivity contribution is 7.99. The third-order valence-corrected chi connectivity index (χ3v) is 3.86. The number of hydrogen-bond donors (Lipinski definition) is 2. The summed E-state index contributed by atoms with van der Waals surface area (Å²) in [6.07, 6.45) is 4.08. The van der Waals surface area contributed by atoms with Crippen molar-refractivity contribution in [2.45, 2.75) is 13.3 Å². The quantitative estimate of drug-likeness (QED) is 0.542. The summed E-state index contributed by atoms with van der Waals surface area (Å²) in [5, 5.41) is 11.5. The molecule has 0 heterocycles. The van der Waals surface area contributed by atoms with Crippen molar-refractivity contribution in [3.05, 3.63) is 35.4 Å². The lowest BCUT2D eigenvalue weighted by Crippen LogP contribution is -2.23. The summed E-state index contributed by atoms with van der Waals surface area (Å²) in [7, 11) is 1.62. The van der Waals surface area contributed by atoms with Crippen LogP contribution in [0, 0.1) is 6.92 Å². The van der Waals surface area contributed by atoms with Crippen molar-refractivity contribution >= 4 is 23.7 Å². The Morgan fingerprint density at radius 2 is 2.24 bits per heavy atom. The Hall–Kier alpha value is -1.46. The van der Waals surface area contributed by atoms with Gasteiger partial charge >= 0.3 is 0 Å². The van der Waals surface area contributed by atoms with Gasteiger partial charge in [-0.05, 0) is 37.3 Å². The second-order valence-electron chi connectivity index (χ2n) is 4.56. The number of rotatable bonds is 9. The number of carbonyl (C=O) groups is 1. The Labute approximate surface area is 130 Å². The zero-order valence-electron chi connectivity index (χ0n) is 12.6. The van der Waals surface area contributed by atoms with Gasteiger partial charge in [0.25, 0.3) is 0 Å². The van der Waals surface area contributed by atoms with Crippen LogP contribution in [-0.2, 0) is 4.79 Å². The molecule has 1 rings (SSSR count). The standard InChI is InChI=1S/C16H23NO3S/c1-13-4-6-15(20-2)14(12-13)5-7-16(19)17-8-11-21-10-3-9-18/h4-7,12,18H,3,8-11H2,1-2H3,(H,17,19)/b7-5+. The Morgan fingerprint density at radius 3 is 2.95 bits per heavy atom. The highest BCUT2D eigenvalue weighted by Gasteiger charge is 2.01. The summed E-state index contributed by atoms with van der Waals surface area (Å²) < 4.78 is 5.26. The Bertz CT molecular complexity index is 475. The molecule has 0 aliphatic rings. The zero-order chi connectivity index (χ0) is 15.5. The number of hydrogen-bond acceptors (Lipinski definition) is 4. The van der Waals surface area contributed by atoms with Crippen LogP contribution >= 0.6 is 11.8 Å². The van der Waals surface area contributed by atoms with E-state index in [0.717, 1.165) is 34.8 Å². The maximum absolute atomic E-state index is 11.7. The first-order valence-corrected chi connectivity index (χ1v) is 8.12. The fraction of sp³-hybridized carbons (Fsp3) is 0.438. The molecular formula is C16H23NO3S. The maximum atomic E-state index is 11.7. The number of methoxy groups -OCH3 is 1. The summed E-state index contributed by atoms with van der Waals surface area (Å²) >= 11 is 1.72. The van der Waals surface area contributed by atoms with Gasteiger partial charge in [0.05, 0.1) is 7.11 Å². The number of thioether (sulfide) groups is 1. The van der Waals surface area contributed by atoms with Gasteiger partial charge < -0.3 is 15.2 Å². The summed E-state index contributed by atoms with van der Waals surface area (Å²) in [6, 6.07) is 5.85. The van der Waals surface area contributed by atoms with Gasteiger partial charge in [-0.25, -0.2) is 0 Å². The predicted octanol–water partition coefficient (Wildman–Crippen LogP) is 2.25. The van der Waals surface area contributed by atoms with Crippen LogP contribution in [-0.4, -0.2) is 42.8 Å². The number of amides is 1. The van der Waals surface area contributed by atoms with Crippen molar-refractivity contribution in [2.75, 3.05) is 31.8 Å². The van der Waals surface area contributed by atoms with Crippen molar-refractivity contribution in [1.29, 1.82) is 0 Å². The molecule has 0 aromatic heterocycles. The minimum Gasteiger partial charge on any atom is -0.496 e. The van der Waals surface area contributed by atoms with Gasteiger partial charge in [0, 0.05) is 30.5 Å². The Balaban J connectivity index is 2.38. The van der Waals surface area contributed by atoms with Crippen molar-refractivity contribution < 1.29 is 14.6 Å². The van der Waals surface area contributed by atoms with Gasteiger partial charge in [-0.1, -0.05) is 11.6 Å². The minimum atomic E-state index is -0.110. The molecule has 1 amide bonds. The lowest BCUT2D eigenvalue weighted by molar-refractivity contribution is -0.116. The van der Waals surface area contributed by atoms with Crippen molar-refractivity contribution in [3.8, 4) is 5.75 Å². The third-order valence-electron chi connectivity index (χ3n) is 2.79. The fourth-order valence-corrected chi connectivity index (χ4v) is 2.51. The molecule has 0 atom stereocenters. The smallest absolute Gasteiger partial charge is 0.244 e. The van der Waals surface area contributed by atoms with E-state index < -0.39 is 0 Å². The van der Waals surface area contributed by atoms with Gasteiger partial charge in [0.2, 0.25) is 5.91 Å². The lowest BCUT2D eigenvalue weighted by atomic mass is 10.1. The highest BCUT2D eigenvalue weighted by Crippen LogP contribution is 2.20. The topological polar surface area (TPSA) is 58.6 Å². The van der Waals surface area contributed by atoms with Crippen LogP contribution in [0.2, 0.25) is 0 Å². The van der Waals surface area contributed by atoms with E-state index in [1.54, 1.807) is 24.9 Å². The van der Waals surface area contributed by atoms with Gasteiger partial charge in [0.15, 0.2) is 0 Å². The van der Waals surface area contributed by atoms with E-state index in [-0.39, 0.29) is 12.5 Å². The van der Waals surface area contributed by atoms with E-state index in [1.165, 1.54) is 6.08 Å². The largest absolute Gasteiger partial charge is 0.496 e. The molecule has 1 aromatic carbocycles. The molecule has 0 fully saturated rings. The number of ether oxygens (including phenoxy) is 1. The molecule has 0 saturated heterocycles. The first-order valence-electron chi connectivity index (χ1n) is 6.96. The van der Waals surface area contributed by atoms with E-state index in [2.05, 4.69) is 5.32 Å². The minimum absolute atomic E-state index is 0.110. The van der Waals surface area contributed by atoms with E-state index >= 15 is 0 Å². The van der Waals surface area contributed by atoms with Gasteiger partial charge in [-0.3, -0.25) is 4.79 Å². The number of benzene rings is 1. The van der Waals surface area contributed by atoms with E-state index in [9.17, 15) is 4.79 Å². The maximum Gasteiger partial charge on any atom is 0.244 e. The summed E-state index contributed by atoms with van der Waals surface area (Å²) in [5.74, 6) is 2.42. The van der Waals surface area contributed by atoms with Gasteiger partial charge in [-0.2, -0.15) is 11.8 Å². The Kier molecular flexibility index (Phi) is 8.62. The molecular weight excluding hydrogens is 286 g/mol. The number of aliphatic hydroxyl groups excluding tert-OH is 1. The lowest BCUT2D eigenvalue weighted by Gasteiger charge is -2.06. The molecule has 4 nitrogen and oxygen atoms in total. The Morgan fingerprint density at radius 1 is 1.43 bits per heavy atom. The molecule has 0 radical (unpaired) electrons. The first-order chi connectivity index (χ1) is 10.2. The van der Waals surface area contributed by atoms with Crippen molar-refractivity contribution in [1.82, 2.24) is 5.32 Å². The predicted molar refractivity (Wildman–Crippen MR) is 88.8 cm³/mol. The molecule has 21 heavy (non-hydrogen) atoms. The highest BCUT2D eigenvalue weighted by atomic mass is 32.2. The summed E-state index contributed by atoms with van der Waals surface area (Å²) in [6.45, 7) is 2.85. The molecule has 0 unspecified atom stereocenters. The zero-order valence-corrected chi connectivity index (χ0v) is 13.4. The molecule has 116 valence electrons. The molecule has 0 aliphatic heterocycles. The van der Waals surface area contributed by atoms with Crippen LogP contribution in [0.15, 0.2) is 24.3 Å². The van der Waals surface area contributed by atoms with Crippen LogP contribution in [0.4, 0.5) is 0 Å².